The molecule has 1 saturated heterocycles. The maximum atomic E-state index is 13.0. The van der Waals surface area contributed by atoms with Gasteiger partial charge in [0.2, 0.25) is 5.82 Å². The first-order valence-electron chi connectivity index (χ1n) is 8.01. The van der Waals surface area contributed by atoms with Crippen molar-refractivity contribution in [3.8, 4) is 10.7 Å². The molecule has 0 aliphatic carbocycles. The van der Waals surface area contributed by atoms with E-state index in [1.807, 2.05) is 12.1 Å². The molecule has 0 bridgehead atoms. The van der Waals surface area contributed by atoms with Crippen LogP contribution in [0.3, 0.4) is 0 Å². The molecule has 2 aromatic heterocycles. The molecule has 1 atom stereocenters. The summed E-state index contributed by atoms with van der Waals surface area (Å²) in [4.78, 5) is 4.25. The van der Waals surface area contributed by atoms with Crippen molar-refractivity contribution in [1.82, 2.24) is 25.5 Å². The standard InChI is InChI=1S/C14H16F3N7S/c15-14(16,17)13(20-21-13)6-9-2-1-5-24(7-9)8-10-3-4-11(25-10)12-18-22-23-19-12/h3-4,9H,1-2,5-8H2,(H,18,19,22,23). The molecule has 134 valence electrons. The smallest absolute Gasteiger partial charge is 0.298 e. The Hall–Kier alpha value is -1.88. The molecule has 4 rings (SSSR count). The third-order valence-electron chi connectivity index (χ3n) is 4.58. The number of likely N-dealkylation sites (tertiary alicyclic amines) is 1. The van der Waals surface area contributed by atoms with Crippen LogP contribution < -0.4 is 0 Å². The lowest BCUT2D eigenvalue weighted by molar-refractivity contribution is -0.168. The number of halogens is 3. The summed E-state index contributed by atoms with van der Waals surface area (Å²) in [6, 6.07) is 3.94. The Morgan fingerprint density at radius 2 is 2.16 bits per heavy atom. The fourth-order valence-corrected chi connectivity index (χ4v) is 4.28. The lowest BCUT2D eigenvalue weighted by Crippen LogP contribution is -2.40. The zero-order chi connectivity index (χ0) is 17.5. The average Bonchev–Trinajstić information content (AvgIpc) is 2.99. The molecule has 1 N–H and O–H groups in total. The fourth-order valence-electron chi connectivity index (χ4n) is 3.30. The highest BCUT2D eigenvalue weighted by Gasteiger charge is 2.64. The van der Waals surface area contributed by atoms with E-state index < -0.39 is 11.8 Å². The van der Waals surface area contributed by atoms with E-state index in [0.29, 0.717) is 18.9 Å². The SMILES string of the molecule is FC(F)(F)C1(CC2CCCN(Cc3ccc(-c4nn[nH]n4)s3)C2)N=N1. The highest BCUT2D eigenvalue weighted by atomic mass is 32.1. The Morgan fingerprint density at radius 1 is 1.32 bits per heavy atom. The fraction of sp³-hybridized carbons (Fsp3) is 0.643. The van der Waals surface area contributed by atoms with Gasteiger partial charge in [0.15, 0.2) is 0 Å². The van der Waals surface area contributed by atoms with Gasteiger partial charge >= 0.3 is 6.18 Å². The van der Waals surface area contributed by atoms with Crippen LogP contribution in [0, 0.1) is 5.92 Å². The van der Waals surface area contributed by atoms with Gasteiger partial charge in [-0.3, -0.25) is 4.90 Å². The summed E-state index contributed by atoms with van der Waals surface area (Å²) in [6.07, 6.45) is -2.73. The highest BCUT2D eigenvalue weighted by molar-refractivity contribution is 7.15. The number of nitrogens with one attached hydrogen (secondary N) is 1. The first-order chi connectivity index (χ1) is 12.0. The molecule has 4 heterocycles. The largest absolute Gasteiger partial charge is 0.437 e. The van der Waals surface area contributed by atoms with Crippen LogP contribution in [-0.4, -0.2) is 50.5 Å². The van der Waals surface area contributed by atoms with Crippen LogP contribution in [0.5, 0.6) is 0 Å². The molecule has 7 nitrogen and oxygen atoms in total. The molecule has 2 aliphatic rings. The van der Waals surface area contributed by atoms with E-state index in [2.05, 4.69) is 35.8 Å². The maximum Gasteiger partial charge on any atom is 0.437 e. The number of tetrazole rings is 1. The second-order valence-corrected chi connectivity index (χ2v) is 7.63. The quantitative estimate of drug-likeness (QED) is 0.875. The van der Waals surface area contributed by atoms with E-state index >= 15 is 0 Å². The monoisotopic (exact) mass is 371 g/mol. The zero-order valence-electron chi connectivity index (χ0n) is 13.2. The molecule has 0 amide bonds. The van der Waals surface area contributed by atoms with Crippen LogP contribution in [-0.2, 0) is 6.54 Å². The molecular formula is C14H16F3N7S. The van der Waals surface area contributed by atoms with Gasteiger partial charge in [-0.15, -0.1) is 31.8 Å². The highest BCUT2D eigenvalue weighted by Crippen LogP contribution is 2.49. The first kappa shape index (κ1) is 16.6. The second-order valence-electron chi connectivity index (χ2n) is 6.46. The van der Waals surface area contributed by atoms with Crippen molar-refractivity contribution < 1.29 is 13.2 Å². The minimum absolute atomic E-state index is 0.0362. The predicted octanol–water partition coefficient (Wildman–Crippen LogP) is 3.25. The van der Waals surface area contributed by atoms with Crippen molar-refractivity contribution in [3.05, 3.63) is 17.0 Å². The van der Waals surface area contributed by atoms with Gasteiger partial charge in [-0.2, -0.15) is 18.4 Å². The van der Waals surface area contributed by atoms with Crippen molar-refractivity contribution in [2.45, 2.75) is 37.6 Å². The van der Waals surface area contributed by atoms with Crippen molar-refractivity contribution in [2.24, 2.45) is 16.1 Å². The Balaban J connectivity index is 1.36. The number of hydrogen-bond donors (Lipinski definition) is 1. The van der Waals surface area contributed by atoms with Gasteiger partial charge in [-0.1, -0.05) is 0 Å². The Morgan fingerprint density at radius 3 is 2.84 bits per heavy atom. The summed E-state index contributed by atoms with van der Waals surface area (Å²) in [7, 11) is 0. The lowest BCUT2D eigenvalue weighted by Gasteiger charge is -2.33. The number of rotatable bonds is 5. The number of thiophene rings is 1. The Kier molecular flexibility index (Phi) is 4.07. The number of H-pyrrole nitrogens is 1. The molecule has 1 fully saturated rings. The van der Waals surface area contributed by atoms with E-state index in [1.165, 1.54) is 0 Å². The summed E-state index contributed by atoms with van der Waals surface area (Å²) in [5, 5.41) is 20.5. The maximum absolute atomic E-state index is 13.0. The number of alkyl halides is 3. The molecule has 25 heavy (non-hydrogen) atoms. The van der Waals surface area contributed by atoms with E-state index in [1.54, 1.807) is 11.3 Å². The van der Waals surface area contributed by atoms with Crippen molar-refractivity contribution in [2.75, 3.05) is 13.1 Å². The predicted molar refractivity (Wildman–Crippen MR) is 83.8 cm³/mol. The van der Waals surface area contributed by atoms with Crippen molar-refractivity contribution >= 4 is 11.3 Å². The number of aromatic amines is 1. The number of piperidine rings is 1. The normalized spacial score (nSPS) is 23.1. The molecule has 0 spiro atoms. The molecule has 11 heteroatoms. The summed E-state index contributed by atoms with van der Waals surface area (Å²) >= 11 is 1.57. The lowest BCUT2D eigenvalue weighted by atomic mass is 9.89. The summed E-state index contributed by atoms with van der Waals surface area (Å²) in [6.45, 7) is 2.24. The van der Waals surface area contributed by atoms with Crippen LogP contribution in [0.4, 0.5) is 13.2 Å². The van der Waals surface area contributed by atoms with Crippen LogP contribution in [0.2, 0.25) is 0 Å². The van der Waals surface area contributed by atoms with Gasteiger partial charge in [0.1, 0.15) is 0 Å². The molecule has 2 aliphatic heterocycles. The van der Waals surface area contributed by atoms with Gasteiger partial charge in [-0.25, -0.2) is 0 Å². The van der Waals surface area contributed by atoms with Gasteiger partial charge in [0.25, 0.3) is 5.66 Å². The summed E-state index contributed by atoms with van der Waals surface area (Å²) < 4.78 is 39.0. The minimum Gasteiger partial charge on any atom is -0.298 e. The van der Waals surface area contributed by atoms with Crippen LogP contribution in [0.25, 0.3) is 10.7 Å². The van der Waals surface area contributed by atoms with E-state index in [0.717, 1.165) is 29.1 Å². The topological polar surface area (TPSA) is 82.4 Å². The van der Waals surface area contributed by atoms with Crippen LogP contribution >= 0.6 is 11.3 Å². The van der Waals surface area contributed by atoms with Gasteiger partial charge in [0.05, 0.1) is 4.88 Å². The molecular weight excluding hydrogens is 355 g/mol. The van der Waals surface area contributed by atoms with Gasteiger partial charge in [0, 0.05) is 24.4 Å². The van der Waals surface area contributed by atoms with E-state index in [9.17, 15) is 13.2 Å². The van der Waals surface area contributed by atoms with Gasteiger partial charge in [-0.05, 0) is 42.7 Å². The third kappa shape index (κ3) is 3.43. The molecule has 1 unspecified atom stereocenters. The summed E-state index contributed by atoms with van der Waals surface area (Å²) in [5.41, 5.74) is -2.13. The number of aromatic nitrogens is 4. The molecule has 0 radical (unpaired) electrons. The molecule has 0 saturated carbocycles. The number of hydrogen-bond acceptors (Lipinski definition) is 7. The van der Waals surface area contributed by atoms with E-state index in [-0.39, 0.29) is 12.3 Å². The first-order valence-corrected chi connectivity index (χ1v) is 8.82. The second kappa shape index (κ2) is 6.13. The van der Waals surface area contributed by atoms with Gasteiger partial charge < -0.3 is 0 Å². The minimum atomic E-state index is -4.37. The molecule has 2 aromatic rings. The summed E-state index contributed by atoms with van der Waals surface area (Å²) in [5.74, 6) is 0.513. The number of nitrogens with zero attached hydrogens (tertiary/aromatic N) is 6. The Bertz CT molecular complexity index is 749. The molecule has 0 aromatic carbocycles. The van der Waals surface area contributed by atoms with Crippen molar-refractivity contribution in [3.63, 3.8) is 0 Å². The average molecular weight is 371 g/mol. The zero-order valence-corrected chi connectivity index (χ0v) is 14.0. The van der Waals surface area contributed by atoms with Crippen molar-refractivity contribution in [1.29, 1.82) is 0 Å². The van der Waals surface area contributed by atoms with Crippen LogP contribution in [0.1, 0.15) is 24.1 Å². The van der Waals surface area contributed by atoms with Crippen LogP contribution in [0.15, 0.2) is 22.4 Å². The Labute approximate surface area is 145 Å². The third-order valence-corrected chi connectivity index (χ3v) is 5.64. The van der Waals surface area contributed by atoms with E-state index in [4.69, 9.17) is 0 Å².